The molecule has 0 fully saturated rings. The maximum atomic E-state index is 12.3. The smallest absolute Gasteiger partial charge is 0.391 e. The summed E-state index contributed by atoms with van der Waals surface area (Å²) in [7, 11) is 0. The van der Waals surface area contributed by atoms with Gasteiger partial charge in [0.25, 0.3) is 0 Å². The van der Waals surface area contributed by atoms with Gasteiger partial charge in [0.1, 0.15) is 6.04 Å². The summed E-state index contributed by atoms with van der Waals surface area (Å²) < 4.78 is 37.0. The van der Waals surface area contributed by atoms with Gasteiger partial charge >= 0.3 is 12.1 Å². The quantitative estimate of drug-likeness (QED) is 0.789. The van der Waals surface area contributed by atoms with Crippen molar-refractivity contribution in [2.24, 2.45) is 0 Å². The number of aliphatic carboxylic acids is 1. The predicted molar refractivity (Wildman–Crippen MR) is 77.0 cm³/mol. The van der Waals surface area contributed by atoms with Gasteiger partial charge in [0.15, 0.2) is 0 Å². The third-order valence-corrected chi connectivity index (χ3v) is 3.43. The zero-order valence-corrected chi connectivity index (χ0v) is 12.2. The SMILES string of the molecule is Cc1cccc2c(CC(=O)NC(CC(F)(F)F)C(=O)O)c[nH]c12. The maximum absolute atomic E-state index is 12.3. The van der Waals surface area contributed by atoms with Crippen LogP contribution in [0.1, 0.15) is 17.5 Å². The van der Waals surface area contributed by atoms with Gasteiger partial charge in [-0.15, -0.1) is 0 Å². The van der Waals surface area contributed by atoms with Crippen LogP contribution in [-0.4, -0.2) is 34.2 Å². The van der Waals surface area contributed by atoms with Gasteiger partial charge in [-0.2, -0.15) is 13.2 Å². The Hall–Kier alpha value is -2.51. The van der Waals surface area contributed by atoms with E-state index in [1.54, 1.807) is 18.3 Å². The highest BCUT2D eigenvalue weighted by Crippen LogP contribution is 2.23. The standard InChI is InChI=1S/C15H15F3N2O3/c1-8-3-2-4-10-9(7-19-13(8)10)5-12(21)20-11(14(22)23)6-15(16,17)18/h2-4,7,11,19H,5-6H2,1H3,(H,20,21)(H,22,23). The van der Waals surface area contributed by atoms with Crippen molar-refractivity contribution in [3.63, 3.8) is 0 Å². The van der Waals surface area contributed by atoms with E-state index in [9.17, 15) is 22.8 Å². The van der Waals surface area contributed by atoms with Crippen LogP contribution >= 0.6 is 0 Å². The van der Waals surface area contributed by atoms with Crippen molar-refractivity contribution in [3.8, 4) is 0 Å². The summed E-state index contributed by atoms with van der Waals surface area (Å²) in [5.41, 5.74) is 2.40. The first-order valence-corrected chi connectivity index (χ1v) is 6.82. The van der Waals surface area contributed by atoms with Gasteiger partial charge in [0.05, 0.1) is 12.8 Å². The van der Waals surface area contributed by atoms with Crippen LogP contribution in [0.3, 0.4) is 0 Å². The highest BCUT2D eigenvalue weighted by Gasteiger charge is 2.36. The molecule has 1 unspecified atom stereocenters. The van der Waals surface area contributed by atoms with E-state index in [-0.39, 0.29) is 6.42 Å². The lowest BCUT2D eigenvalue weighted by molar-refractivity contribution is -0.159. The zero-order valence-electron chi connectivity index (χ0n) is 12.2. The van der Waals surface area contributed by atoms with E-state index >= 15 is 0 Å². The van der Waals surface area contributed by atoms with Crippen LogP contribution in [0.4, 0.5) is 13.2 Å². The Morgan fingerprint density at radius 2 is 2.04 bits per heavy atom. The number of fused-ring (bicyclic) bond motifs is 1. The van der Waals surface area contributed by atoms with Crippen LogP contribution in [0, 0.1) is 6.92 Å². The molecule has 2 aromatic rings. The Morgan fingerprint density at radius 1 is 1.35 bits per heavy atom. The number of aromatic nitrogens is 1. The number of halogens is 3. The molecule has 1 atom stereocenters. The number of alkyl halides is 3. The minimum absolute atomic E-state index is 0.203. The largest absolute Gasteiger partial charge is 0.480 e. The van der Waals surface area contributed by atoms with Gasteiger partial charge in [0, 0.05) is 17.1 Å². The lowest BCUT2D eigenvalue weighted by Crippen LogP contribution is -2.44. The fourth-order valence-corrected chi connectivity index (χ4v) is 2.36. The number of hydrogen-bond acceptors (Lipinski definition) is 2. The number of benzene rings is 1. The molecule has 1 aromatic carbocycles. The second kappa shape index (κ2) is 6.31. The van der Waals surface area contributed by atoms with Gasteiger partial charge in [-0.25, -0.2) is 4.79 Å². The first-order chi connectivity index (χ1) is 10.7. The highest BCUT2D eigenvalue weighted by molar-refractivity contribution is 5.91. The third-order valence-electron chi connectivity index (χ3n) is 3.43. The first kappa shape index (κ1) is 16.9. The van der Waals surface area contributed by atoms with Crippen molar-refractivity contribution in [2.45, 2.75) is 32.0 Å². The molecule has 0 aliphatic heterocycles. The molecule has 1 aromatic heterocycles. The Morgan fingerprint density at radius 3 is 2.65 bits per heavy atom. The van der Waals surface area contributed by atoms with Crippen molar-refractivity contribution in [1.82, 2.24) is 10.3 Å². The molecule has 124 valence electrons. The maximum Gasteiger partial charge on any atom is 0.391 e. The van der Waals surface area contributed by atoms with Crippen molar-refractivity contribution in [3.05, 3.63) is 35.5 Å². The number of amides is 1. The number of H-pyrrole nitrogens is 1. The fourth-order valence-electron chi connectivity index (χ4n) is 2.36. The highest BCUT2D eigenvalue weighted by atomic mass is 19.4. The number of aromatic amines is 1. The minimum atomic E-state index is -4.67. The number of carboxylic acid groups (broad SMARTS) is 1. The molecule has 3 N–H and O–H groups in total. The molecule has 1 heterocycles. The Balaban J connectivity index is 2.11. The Bertz CT molecular complexity index is 737. The molecule has 0 aliphatic rings. The monoisotopic (exact) mass is 328 g/mol. The average Bonchev–Trinajstić information content (AvgIpc) is 2.81. The molecule has 5 nitrogen and oxygen atoms in total. The van der Waals surface area contributed by atoms with Crippen LogP contribution in [0.2, 0.25) is 0 Å². The van der Waals surface area contributed by atoms with Crippen LogP contribution in [0.15, 0.2) is 24.4 Å². The lowest BCUT2D eigenvalue weighted by Gasteiger charge is -2.16. The number of nitrogens with one attached hydrogen (secondary N) is 2. The molecule has 1 amide bonds. The summed E-state index contributed by atoms with van der Waals surface area (Å²) >= 11 is 0. The number of rotatable bonds is 5. The number of carbonyl (C=O) groups is 2. The lowest BCUT2D eigenvalue weighted by atomic mass is 10.1. The normalized spacial score (nSPS) is 13.0. The summed E-state index contributed by atoms with van der Waals surface area (Å²) in [5, 5.41) is 11.5. The third kappa shape index (κ3) is 4.24. The van der Waals surface area contributed by atoms with Crippen molar-refractivity contribution >= 4 is 22.8 Å². The number of carboxylic acids is 1. The van der Waals surface area contributed by atoms with E-state index in [1.165, 1.54) is 0 Å². The topological polar surface area (TPSA) is 82.2 Å². The van der Waals surface area contributed by atoms with E-state index < -0.39 is 30.5 Å². The summed E-state index contributed by atoms with van der Waals surface area (Å²) in [6.07, 6.45) is -4.89. The van der Waals surface area contributed by atoms with Gasteiger partial charge in [-0.05, 0) is 18.1 Å². The molecular formula is C15H15F3N2O3. The second-order valence-corrected chi connectivity index (χ2v) is 5.27. The molecular weight excluding hydrogens is 313 g/mol. The number of para-hydroxylation sites is 1. The van der Waals surface area contributed by atoms with E-state index in [4.69, 9.17) is 5.11 Å². The van der Waals surface area contributed by atoms with Gasteiger partial charge in [-0.1, -0.05) is 18.2 Å². The number of hydrogen-bond donors (Lipinski definition) is 3. The molecule has 0 spiro atoms. The van der Waals surface area contributed by atoms with Crippen molar-refractivity contribution in [2.75, 3.05) is 0 Å². The summed E-state index contributed by atoms with van der Waals surface area (Å²) in [6.45, 7) is 1.88. The molecule has 0 bridgehead atoms. The summed E-state index contributed by atoms with van der Waals surface area (Å²) in [4.78, 5) is 25.7. The van der Waals surface area contributed by atoms with Crippen LogP contribution < -0.4 is 5.32 Å². The molecule has 2 rings (SSSR count). The van der Waals surface area contributed by atoms with E-state index in [1.807, 2.05) is 18.3 Å². The second-order valence-electron chi connectivity index (χ2n) is 5.27. The first-order valence-electron chi connectivity index (χ1n) is 6.82. The van der Waals surface area contributed by atoms with Gasteiger partial charge < -0.3 is 15.4 Å². The molecule has 0 saturated carbocycles. The Kier molecular flexibility index (Phi) is 4.63. The van der Waals surface area contributed by atoms with Crippen LogP contribution in [-0.2, 0) is 16.0 Å². The molecule has 0 aliphatic carbocycles. The predicted octanol–water partition coefficient (Wildman–Crippen LogP) is 2.54. The molecule has 23 heavy (non-hydrogen) atoms. The molecule has 0 radical (unpaired) electrons. The van der Waals surface area contributed by atoms with E-state index in [2.05, 4.69) is 4.98 Å². The summed E-state index contributed by atoms with van der Waals surface area (Å²) in [6, 6.07) is 3.48. The van der Waals surface area contributed by atoms with E-state index in [0.717, 1.165) is 16.5 Å². The Labute approximate surface area is 129 Å². The van der Waals surface area contributed by atoms with Crippen LogP contribution in [0.5, 0.6) is 0 Å². The molecule has 8 heteroatoms. The van der Waals surface area contributed by atoms with Crippen molar-refractivity contribution < 1.29 is 27.9 Å². The van der Waals surface area contributed by atoms with Gasteiger partial charge in [-0.3, -0.25) is 4.79 Å². The number of aryl methyl sites for hydroxylation is 1. The fraction of sp³-hybridized carbons (Fsp3) is 0.333. The minimum Gasteiger partial charge on any atom is -0.480 e. The van der Waals surface area contributed by atoms with Gasteiger partial charge in [0.2, 0.25) is 5.91 Å². The van der Waals surface area contributed by atoms with Crippen LogP contribution in [0.25, 0.3) is 10.9 Å². The zero-order chi connectivity index (χ0) is 17.2. The van der Waals surface area contributed by atoms with E-state index in [0.29, 0.717) is 5.56 Å². The number of carbonyl (C=O) groups excluding carboxylic acids is 1. The van der Waals surface area contributed by atoms with Crippen molar-refractivity contribution in [1.29, 1.82) is 0 Å². The average molecular weight is 328 g/mol. The summed E-state index contributed by atoms with van der Waals surface area (Å²) in [5.74, 6) is -2.49. The molecule has 0 saturated heterocycles.